The van der Waals surface area contributed by atoms with E-state index < -0.39 is 0 Å². The Morgan fingerprint density at radius 3 is 2.55 bits per heavy atom. The number of alkyl halides is 1. The molecule has 0 atom stereocenters. The van der Waals surface area contributed by atoms with Crippen molar-refractivity contribution in [2.75, 3.05) is 6.61 Å². The van der Waals surface area contributed by atoms with Gasteiger partial charge in [0.25, 0.3) is 0 Å². The third-order valence-corrected chi connectivity index (χ3v) is 3.87. The fourth-order valence-electron chi connectivity index (χ4n) is 1.88. The summed E-state index contributed by atoms with van der Waals surface area (Å²) in [4.78, 5) is 0. The fourth-order valence-corrected chi connectivity index (χ4v) is 2.77. The summed E-state index contributed by atoms with van der Waals surface area (Å²) in [6.07, 6.45) is 0. The average Bonchev–Trinajstić information content (AvgIpc) is 2.46. The van der Waals surface area contributed by atoms with Crippen molar-refractivity contribution in [3.05, 3.63) is 58.1 Å². The van der Waals surface area contributed by atoms with E-state index >= 15 is 0 Å². The number of para-hydroxylation sites is 1. The van der Waals surface area contributed by atoms with Gasteiger partial charge in [-0.2, -0.15) is 0 Å². The molecule has 0 aliphatic heterocycles. The Balaban J connectivity index is 2.19. The van der Waals surface area contributed by atoms with E-state index in [4.69, 9.17) is 9.47 Å². The number of hydrogen-bond acceptors (Lipinski definition) is 2. The van der Waals surface area contributed by atoms with Crippen LogP contribution in [0.4, 0.5) is 0 Å². The third-order valence-electron chi connectivity index (χ3n) is 2.78. The third kappa shape index (κ3) is 4.00. The summed E-state index contributed by atoms with van der Waals surface area (Å²) < 4.78 is 12.7. The Hall–Kier alpha value is -1.00. The van der Waals surface area contributed by atoms with E-state index in [1.807, 2.05) is 43.3 Å². The summed E-state index contributed by atoms with van der Waals surface area (Å²) in [5, 5.41) is 0.738. The highest BCUT2D eigenvalue weighted by Crippen LogP contribution is 2.33. The molecule has 0 heterocycles. The Bertz CT molecular complexity index is 570. The molecule has 0 aromatic heterocycles. The van der Waals surface area contributed by atoms with E-state index in [0.717, 1.165) is 32.4 Å². The Labute approximate surface area is 136 Å². The van der Waals surface area contributed by atoms with E-state index in [0.29, 0.717) is 13.2 Å². The van der Waals surface area contributed by atoms with Crippen molar-refractivity contribution in [2.24, 2.45) is 0 Å². The van der Waals surface area contributed by atoms with Crippen LogP contribution in [0.1, 0.15) is 18.1 Å². The fraction of sp³-hybridized carbons (Fsp3) is 0.250. The maximum Gasteiger partial charge on any atom is 0.165 e. The van der Waals surface area contributed by atoms with Crippen LogP contribution >= 0.6 is 31.9 Å². The van der Waals surface area contributed by atoms with Gasteiger partial charge in [0.05, 0.1) is 6.61 Å². The maximum atomic E-state index is 5.98. The predicted octanol–water partition coefficient (Wildman–Crippen LogP) is 5.32. The monoisotopic (exact) mass is 398 g/mol. The van der Waals surface area contributed by atoms with Gasteiger partial charge in [0.15, 0.2) is 11.5 Å². The van der Waals surface area contributed by atoms with Gasteiger partial charge in [-0.05, 0) is 30.7 Å². The lowest BCUT2D eigenvalue weighted by atomic mass is 10.2. The van der Waals surface area contributed by atoms with Gasteiger partial charge in [-0.1, -0.05) is 56.1 Å². The molecule has 20 heavy (non-hydrogen) atoms. The predicted molar refractivity (Wildman–Crippen MR) is 88.7 cm³/mol. The second kappa shape index (κ2) is 7.70. The van der Waals surface area contributed by atoms with Gasteiger partial charge in [-0.25, -0.2) is 0 Å². The van der Waals surface area contributed by atoms with Crippen LogP contribution in [0.15, 0.2) is 46.9 Å². The lowest BCUT2D eigenvalue weighted by Crippen LogP contribution is -2.02. The van der Waals surface area contributed by atoms with E-state index in [2.05, 4.69) is 37.9 Å². The SMILES string of the molecule is CCOc1cccc(CBr)c1OCc1cccc(Br)c1. The summed E-state index contributed by atoms with van der Waals surface area (Å²) in [6, 6.07) is 14.1. The van der Waals surface area contributed by atoms with Crippen molar-refractivity contribution in [2.45, 2.75) is 18.9 Å². The average molecular weight is 400 g/mol. The first kappa shape index (κ1) is 15.4. The van der Waals surface area contributed by atoms with Crippen LogP contribution < -0.4 is 9.47 Å². The lowest BCUT2D eigenvalue weighted by molar-refractivity contribution is 0.267. The minimum atomic E-state index is 0.517. The molecule has 0 N–H and O–H groups in total. The highest BCUT2D eigenvalue weighted by atomic mass is 79.9. The smallest absolute Gasteiger partial charge is 0.165 e. The zero-order valence-electron chi connectivity index (χ0n) is 11.2. The van der Waals surface area contributed by atoms with Crippen molar-refractivity contribution in [1.82, 2.24) is 0 Å². The van der Waals surface area contributed by atoms with E-state index in [9.17, 15) is 0 Å². The normalized spacial score (nSPS) is 10.3. The Morgan fingerprint density at radius 1 is 1.05 bits per heavy atom. The number of halogens is 2. The second-order valence-corrected chi connectivity index (χ2v) is 5.71. The van der Waals surface area contributed by atoms with E-state index in [1.54, 1.807) is 0 Å². The van der Waals surface area contributed by atoms with Gasteiger partial charge in [-0.3, -0.25) is 0 Å². The number of hydrogen-bond donors (Lipinski definition) is 0. The van der Waals surface area contributed by atoms with Crippen LogP contribution in [0, 0.1) is 0 Å². The number of rotatable bonds is 6. The zero-order chi connectivity index (χ0) is 14.4. The summed E-state index contributed by atoms with van der Waals surface area (Å²) in [5.74, 6) is 1.60. The van der Waals surface area contributed by atoms with Gasteiger partial charge < -0.3 is 9.47 Å². The molecule has 2 rings (SSSR count). The molecule has 106 valence electrons. The molecule has 2 nitrogen and oxygen atoms in total. The van der Waals surface area contributed by atoms with Crippen molar-refractivity contribution in [1.29, 1.82) is 0 Å². The lowest BCUT2D eigenvalue weighted by Gasteiger charge is -2.15. The zero-order valence-corrected chi connectivity index (χ0v) is 14.4. The highest BCUT2D eigenvalue weighted by Gasteiger charge is 2.10. The molecule has 2 aromatic carbocycles. The molecular weight excluding hydrogens is 384 g/mol. The molecule has 0 spiro atoms. The van der Waals surface area contributed by atoms with Crippen molar-refractivity contribution >= 4 is 31.9 Å². The molecule has 0 aliphatic carbocycles. The van der Waals surface area contributed by atoms with E-state index in [1.165, 1.54) is 0 Å². The largest absolute Gasteiger partial charge is 0.490 e. The van der Waals surface area contributed by atoms with Gasteiger partial charge in [0.2, 0.25) is 0 Å². The number of benzene rings is 2. The standard InChI is InChI=1S/C16H16Br2O2/c1-2-19-15-8-4-6-13(10-17)16(15)20-11-12-5-3-7-14(18)9-12/h3-9H,2,10-11H2,1H3. The summed E-state index contributed by atoms with van der Waals surface area (Å²) in [5.41, 5.74) is 2.21. The molecule has 4 heteroatoms. The van der Waals surface area contributed by atoms with Gasteiger partial charge in [0, 0.05) is 15.4 Å². The molecule has 0 bridgehead atoms. The summed E-state index contributed by atoms with van der Waals surface area (Å²) in [6.45, 7) is 3.11. The highest BCUT2D eigenvalue weighted by molar-refractivity contribution is 9.10. The van der Waals surface area contributed by atoms with Gasteiger partial charge >= 0.3 is 0 Å². The first-order valence-electron chi connectivity index (χ1n) is 6.42. The van der Waals surface area contributed by atoms with Crippen LogP contribution in [0.25, 0.3) is 0 Å². The topological polar surface area (TPSA) is 18.5 Å². The Kier molecular flexibility index (Phi) is 5.92. The molecular formula is C16H16Br2O2. The molecule has 0 saturated carbocycles. The van der Waals surface area contributed by atoms with Crippen LogP contribution in [-0.2, 0) is 11.9 Å². The van der Waals surface area contributed by atoms with Crippen LogP contribution in [-0.4, -0.2) is 6.61 Å². The second-order valence-electron chi connectivity index (χ2n) is 4.23. The quantitative estimate of drug-likeness (QED) is 0.611. The number of ether oxygens (including phenoxy) is 2. The van der Waals surface area contributed by atoms with Crippen molar-refractivity contribution in [3.8, 4) is 11.5 Å². The molecule has 0 fully saturated rings. The molecule has 0 aliphatic rings. The maximum absolute atomic E-state index is 5.98. The van der Waals surface area contributed by atoms with Crippen molar-refractivity contribution in [3.63, 3.8) is 0 Å². The molecule has 0 amide bonds. The molecule has 0 saturated heterocycles. The minimum Gasteiger partial charge on any atom is -0.490 e. The minimum absolute atomic E-state index is 0.517. The Morgan fingerprint density at radius 2 is 1.85 bits per heavy atom. The van der Waals surface area contributed by atoms with Crippen LogP contribution in [0.5, 0.6) is 11.5 Å². The van der Waals surface area contributed by atoms with Crippen molar-refractivity contribution < 1.29 is 9.47 Å². The summed E-state index contributed by atoms with van der Waals surface area (Å²) >= 11 is 6.96. The van der Waals surface area contributed by atoms with Gasteiger partial charge in [-0.15, -0.1) is 0 Å². The van der Waals surface area contributed by atoms with Crippen LogP contribution in [0.3, 0.4) is 0 Å². The van der Waals surface area contributed by atoms with Crippen LogP contribution in [0.2, 0.25) is 0 Å². The molecule has 0 unspecified atom stereocenters. The first-order chi connectivity index (χ1) is 9.74. The van der Waals surface area contributed by atoms with Gasteiger partial charge in [0.1, 0.15) is 6.61 Å². The molecule has 2 aromatic rings. The first-order valence-corrected chi connectivity index (χ1v) is 8.34. The van der Waals surface area contributed by atoms with E-state index in [-0.39, 0.29) is 0 Å². The molecule has 0 radical (unpaired) electrons. The summed E-state index contributed by atoms with van der Waals surface area (Å²) in [7, 11) is 0.